The first-order chi connectivity index (χ1) is 22.0. The number of hydrogen-bond acceptors (Lipinski definition) is 5. The molecule has 0 saturated carbocycles. The van der Waals surface area contributed by atoms with E-state index in [9.17, 15) is 18.0 Å². The third-order valence-corrected chi connectivity index (χ3v) is 9.81. The maximum Gasteiger partial charge on any atom is 0.264 e. The van der Waals surface area contributed by atoms with Gasteiger partial charge in [-0.1, -0.05) is 79.0 Å². The molecule has 2 amide bonds. The molecular formula is C35H37Cl2N3O5S. The molecule has 1 unspecified atom stereocenters. The third-order valence-electron chi connectivity index (χ3n) is 7.32. The lowest BCUT2D eigenvalue weighted by molar-refractivity contribution is -0.140. The Kier molecular flexibility index (Phi) is 12.1. The van der Waals surface area contributed by atoms with E-state index in [1.807, 2.05) is 32.0 Å². The lowest BCUT2D eigenvalue weighted by Crippen LogP contribution is -2.52. The largest absolute Gasteiger partial charge is 0.457 e. The molecule has 0 fully saturated rings. The van der Waals surface area contributed by atoms with Gasteiger partial charge in [0.25, 0.3) is 10.0 Å². The minimum Gasteiger partial charge on any atom is -0.457 e. The van der Waals surface area contributed by atoms with Crippen LogP contribution in [0.5, 0.6) is 11.5 Å². The van der Waals surface area contributed by atoms with Crippen LogP contribution in [0.25, 0.3) is 0 Å². The van der Waals surface area contributed by atoms with Gasteiger partial charge in [0.1, 0.15) is 24.1 Å². The predicted octanol–water partition coefficient (Wildman–Crippen LogP) is 7.62. The monoisotopic (exact) mass is 681 g/mol. The zero-order chi connectivity index (χ0) is 33.3. The number of benzene rings is 4. The number of halogens is 2. The lowest BCUT2D eigenvalue weighted by Gasteiger charge is -2.33. The molecule has 8 nitrogen and oxygen atoms in total. The minimum absolute atomic E-state index is 0.0175. The molecule has 0 aliphatic carbocycles. The first-order valence-corrected chi connectivity index (χ1v) is 17.2. The van der Waals surface area contributed by atoms with Gasteiger partial charge < -0.3 is 15.0 Å². The molecular weight excluding hydrogens is 645 g/mol. The molecule has 0 heterocycles. The van der Waals surface area contributed by atoms with Crippen LogP contribution >= 0.6 is 23.2 Å². The third kappa shape index (κ3) is 8.60. The predicted molar refractivity (Wildman–Crippen MR) is 183 cm³/mol. The standard InChI is InChI=1S/C35H37Cl2N3O5S/c1-4-22-38-35(42)33(5-2)39(23-30-31(36)12-9-13-32(30)37)34(41)24-40(46(43,44)29-20-14-25(3)15-21-29)26-16-18-28(19-17-26)45-27-10-7-6-8-11-27/h6-21,33H,4-5,22-24H2,1-3H3,(H,38,42). The quantitative estimate of drug-likeness (QED) is 0.148. The Hall–Kier alpha value is -4.05. The Labute approximate surface area is 280 Å². The van der Waals surface area contributed by atoms with Gasteiger partial charge in [0, 0.05) is 28.7 Å². The van der Waals surface area contributed by atoms with Gasteiger partial charge in [-0.25, -0.2) is 8.42 Å². The van der Waals surface area contributed by atoms with Crippen LogP contribution in [0.15, 0.2) is 102 Å². The van der Waals surface area contributed by atoms with Gasteiger partial charge in [0.15, 0.2) is 0 Å². The van der Waals surface area contributed by atoms with E-state index >= 15 is 0 Å². The van der Waals surface area contributed by atoms with E-state index in [0.29, 0.717) is 40.1 Å². The van der Waals surface area contributed by atoms with Gasteiger partial charge in [0.05, 0.1) is 10.6 Å². The molecule has 1 N–H and O–H groups in total. The highest BCUT2D eigenvalue weighted by molar-refractivity contribution is 7.92. The molecule has 0 aliphatic rings. The summed E-state index contributed by atoms with van der Waals surface area (Å²) in [4.78, 5) is 29.0. The van der Waals surface area contributed by atoms with Crippen molar-refractivity contribution in [1.29, 1.82) is 0 Å². The van der Waals surface area contributed by atoms with Crippen molar-refractivity contribution in [2.45, 2.75) is 51.1 Å². The lowest BCUT2D eigenvalue weighted by atomic mass is 10.1. The van der Waals surface area contributed by atoms with Crippen LogP contribution in [-0.2, 0) is 26.2 Å². The van der Waals surface area contributed by atoms with E-state index in [2.05, 4.69) is 5.32 Å². The molecule has 0 bridgehead atoms. The van der Waals surface area contributed by atoms with Crippen molar-refractivity contribution in [3.05, 3.63) is 118 Å². The number of carbonyl (C=O) groups is 2. The minimum atomic E-state index is -4.23. The molecule has 46 heavy (non-hydrogen) atoms. The Morgan fingerprint density at radius 3 is 2.02 bits per heavy atom. The van der Waals surface area contributed by atoms with Crippen LogP contribution in [0, 0.1) is 6.92 Å². The molecule has 0 spiro atoms. The Balaban J connectivity index is 1.75. The fraction of sp³-hybridized carbons (Fsp3) is 0.257. The van der Waals surface area contributed by atoms with Crippen LogP contribution in [0.1, 0.15) is 37.8 Å². The van der Waals surface area contributed by atoms with Crippen LogP contribution in [0.4, 0.5) is 5.69 Å². The summed E-state index contributed by atoms with van der Waals surface area (Å²) in [5, 5.41) is 3.51. The second-order valence-corrected chi connectivity index (χ2v) is 13.3. The van der Waals surface area contributed by atoms with Crippen molar-refractivity contribution < 1.29 is 22.7 Å². The number of aryl methyl sites for hydroxylation is 1. The van der Waals surface area contributed by atoms with E-state index in [1.165, 1.54) is 17.0 Å². The zero-order valence-corrected chi connectivity index (χ0v) is 28.3. The summed E-state index contributed by atoms with van der Waals surface area (Å²) in [7, 11) is -4.23. The van der Waals surface area contributed by atoms with Crippen molar-refractivity contribution in [2.24, 2.45) is 0 Å². The first kappa shape index (κ1) is 34.8. The number of para-hydroxylation sites is 1. The van der Waals surface area contributed by atoms with Crippen molar-refractivity contribution in [1.82, 2.24) is 10.2 Å². The SMILES string of the molecule is CCCNC(=O)C(CC)N(Cc1c(Cl)cccc1Cl)C(=O)CN(c1ccc(Oc2ccccc2)cc1)S(=O)(=O)c1ccc(C)cc1. The van der Waals surface area contributed by atoms with Gasteiger partial charge >= 0.3 is 0 Å². The maximum absolute atomic E-state index is 14.3. The number of amides is 2. The summed E-state index contributed by atoms with van der Waals surface area (Å²) in [6, 6.07) is 26.1. The van der Waals surface area contributed by atoms with E-state index in [-0.39, 0.29) is 29.5 Å². The van der Waals surface area contributed by atoms with Crippen LogP contribution in [0.3, 0.4) is 0 Å². The summed E-state index contributed by atoms with van der Waals surface area (Å²) in [5.74, 6) is 0.156. The van der Waals surface area contributed by atoms with Gasteiger partial charge in [-0.15, -0.1) is 0 Å². The topological polar surface area (TPSA) is 96.0 Å². The highest BCUT2D eigenvalue weighted by atomic mass is 35.5. The summed E-state index contributed by atoms with van der Waals surface area (Å²) in [6.45, 7) is 5.31. The summed E-state index contributed by atoms with van der Waals surface area (Å²) < 4.78 is 35.3. The number of nitrogens with zero attached hydrogens (tertiary/aromatic N) is 2. The molecule has 4 rings (SSSR count). The van der Waals surface area contributed by atoms with Gasteiger partial charge in [-0.3, -0.25) is 13.9 Å². The molecule has 0 aromatic heterocycles. The molecule has 0 aliphatic heterocycles. The maximum atomic E-state index is 14.3. The Bertz CT molecular complexity index is 1710. The van der Waals surface area contributed by atoms with Crippen LogP contribution in [0.2, 0.25) is 10.0 Å². The second-order valence-electron chi connectivity index (χ2n) is 10.7. The normalized spacial score (nSPS) is 11.8. The van der Waals surface area contributed by atoms with Crippen molar-refractivity contribution in [2.75, 3.05) is 17.4 Å². The molecule has 0 radical (unpaired) electrons. The van der Waals surface area contributed by atoms with Gasteiger partial charge in [0.2, 0.25) is 11.8 Å². The van der Waals surface area contributed by atoms with Crippen molar-refractivity contribution in [3.63, 3.8) is 0 Å². The molecule has 11 heteroatoms. The Morgan fingerprint density at radius 2 is 1.43 bits per heavy atom. The van der Waals surface area contributed by atoms with E-state index in [1.54, 1.807) is 73.7 Å². The molecule has 1 atom stereocenters. The van der Waals surface area contributed by atoms with E-state index in [0.717, 1.165) is 9.87 Å². The molecule has 4 aromatic carbocycles. The number of rotatable bonds is 14. The van der Waals surface area contributed by atoms with Crippen LogP contribution < -0.4 is 14.4 Å². The summed E-state index contributed by atoms with van der Waals surface area (Å²) >= 11 is 13.0. The van der Waals surface area contributed by atoms with Crippen LogP contribution in [-0.4, -0.2) is 44.3 Å². The number of hydrogen-bond donors (Lipinski definition) is 1. The number of carbonyl (C=O) groups excluding carboxylic acids is 2. The fourth-order valence-electron chi connectivity index (χ4n) is 4.81. The highest BCUT2D eigenvalue weighted by Crippen LogP contribution is 2.30. The highest BCUT2D eigenvalue weighted by Gasteiger charge is 2.34. The first-order valence-electron chi connectivity index (χ1n) is 15.0. The zero-order valence-electron chi connectivity index (χ0n) is 26.0. The molecule has 242 valence electrons. The van der Waals surface area contributed by atoms with E-state index in [4.69, 9.17) is 27.9 Å². The average Bonchev–Trinajstić information content (AvgIpc) is 3.04. The van der Waals surface area contributed by atoms with Gasteiger partial charge in [-0.2, -0.15) is 0 Å². The number of sulfonamides is 1. The number of anilines is 1. The summed E-state index contributed by atoms with van der Waals surface area (Å²) in [6.07, 6.45) is 0.985. The smallest absolute Gasteiger partial charge is 0.264 e. The fourth-order valence-corrected chi connectivity index (χ4v) is 6.74. The Morgan fingerprint density at radius 1 is 0.826 bits per heavy atom. The number of ether oxygens (including phenoxy) is 1. The number of nitrogens with one attached hydrogen (secondary N) is 1. The second kappa shape index (κ2) is 16.0. The summed E-state index contributed by atoms with van der Waals surface area (Å²) in [5.41, 5.74) is 1.58. The van der Waals surface area contributed by atoms with Crippen molar-refractivity contribution in [3.8, 4) is 11.5 Å². The van der Waals surface area contributed by atoms with Crippen molar-refractivity contribution >= 4 is 50.7 Å². The molecule has 0 saturated heterocycles. The molecule has 4 aromatic rings. The van der Waals surface area contributed by atoms with E-state index < -0.39 is 28.5 Å². The average molecular weight is 683 g/mol. The van der Waals surface area contributed by atoms with Gasteiger partial charge in [-0.05, 0) is 80.4 Å².